The molecule has 1 aliphatic carbocycles. The summed E-state index contributed by atoms with van der Waals surface area (Å²) in [5.74, 6) is 0.299. The van der Waals surface area contributed by atoms with Crippen LogP contribution in [0.25, 0.3) is 6.08 Å². The van der Waals surface area contributed by atoms with E-state index < -0.39 is 0 Å². The molecule has 0 saturated heterocycles. The lowest BCUT2D eigenvalue weighted by atomic mass is 9.77. The fourth-order valence-corrected chi connectivity index (χ4v) is 3.12. The van der Waals surface area contributed by atoms with Gasteiger partial charge in [0.05, 0.1) is 0 Å². The molecule has 1 aliphatic rings. The third-order valence-corrected chi connectivity index (χ3v) is 4.47. The van der Waals surface area contributed by atoms with Crippen molar-refractivity contribution < 1.29 is 9.90 Å². The van der Waals surface area contributed by atoms with E-state index in [1.165, 1.54) is 0 Å². The minimum atomic E-state index is -0.211. The number of carbonyl (C=O) groups is 1. The van der Waals surface area contributed by atoms with Gasteiger partial charge in [0.1, 0.15) is 5.75 Å². The summed E-state index contributed by atoms with van der Waals surface area (Å²) < 4.78 is 0. The molecule has 0 radical (unpaired) electrons. The van der Waals surface area contributed by atoms with E-state index in [0.717, 1.165) is 22.3 Å². The third-order valence-electron chi connectivity index (χ3n) is 4.47. The minimum absolute atomic E-state index is 0.0383. The van der Waals surface area contributed by atoms with Crippen LogP contribution in [-0.2, 0) is 10.2 Å². The average Bonchev–Trinajstić information content (AvgIpc) is 2.43. The van der Waals surface area contributed by atoms with Gasteiger partial charge in [-0.1, -0.05) is 53.7 Å². The fourth-order valence-electron chi connectivity index (χ4n) is 3.12. The van der Waals surface area contributed by atoms with Crippen molar-refractivity contribution in [2.75, 3.05) is 0 Å². The molecule has 0 unspecified atom stereocenters. The number of aryl methyl sites for hydroxylation is 1. The van der Waals surface area contributed by atoms with Gasteiger partial charge < -0.3 is 5.11 Å². The monoisotopic (exact) mass is 338 g/mol. The number of allylic oxidation sites excluding steroid dienone is 5. The summed E-state index contributed by atoms with van der Waals surface area (Å²) in [5, 5.41) is 10.8. The van der Waals surface area contributed by atoms with Crippen molar-refractivity contribution >= 4 is 11.9 Å². The van der Waals surface area contributed by atoms with E-state index in [2.05, 4.69) is 41.5 Å². The Morgan fingerprint density at radius 2 is 1.52 bits per heavy atom. The Hall–Kier alpha value is -2.09. The van der Waals surface area contributed by atoms with E-state index in [0.29, 0.717) is 11.1 Å². The molecule has 0 bridgehead atoms. The summed E-state index contributed by atoms with van der Waals surface area (Å²) in [4.78, 5) is 12.9. The van der Waals surface area contributed by atoms with Gasteiger partial charge in [-0.3, -0.25) is 4.79 Å². The van der Waals surface area contributed by atoms with Crippen LogP contribution in [-0.4, -0.2) is 10.9 Å². The summed E-state index contributed by atoms with van der Waals surface area (Å²) in [6.07, 6.45) is 5.69. The van der Waals surface area contributed by atoms with Crippen LogP contribution in [0.1, 0.15) is 65.2 Å². The summed E-state index contributed by atoms with van der Waals surface area (Å²) in [6, 6.07) is 3.95. The maximum absolute atomic E-state index is 12.9. The van der Waals surface area contributed by atoms with E-state index in [-0.39, 0.29) is 22.4 Å². The molecular formula is C23H30O2. The van der Waals surface area contributed by atoms with Gasteiger partial charge in [0.25, 0.3) is 0 Å². The van der Waals surface area contributed by atoms with Crippen molar-refractivity contribution in [3.8, 4) is 5.75 Å². The Balaban J connectivity index is 2.61. The summed E-state index contributed by atoms with van der Waals surface area (Å²) >= 11 is 0. The molecule has 2 nitrogen and oxygen atoms in total. The van der Waals surface area contributed by atoms with Gasteiger partial charge >= 0.3 is 0 Å². The molecule has 0 heterocycles. The van der Waals surface area contributed by atoms with Crippen LogP contribution in [0.2, 0.25) is 0 Å². The summed E-state index contributed by atoms with van der Waals surface area (Å²) in [6.45, 7) is 16.4. The predicted octanol–water partition coefficient (Wildman–Crippen LogP) is 5.88. The molecule has 0 aliphatic heterocycles. The number of phenolic OH excluding ortho intramolecular Hbond substituents is 1. The number of phenols is 1. The molecule has 1 N–H and O–H groups in total. The van der Waals surface area contributed by atoms with Crippen LogP contribution in [0.3, 0.4) is 0 Å². The molecular weight excluding hydrogens is 308 g/mol. The molecule has 2 rings (SSSR count). The first-order valence-electron chi connectivity index (χ1n) is 8.81. The van der Waals surface area contributed by atoms with Crippen molar-refractivity contribution in [3.05, 3.63) is 57.7 Å². The van der Waals surface area contributed by atoms with Crippen molar-refractivity contribution in [1.82, 2.24) is 0 Å². The van der Waals surface area contributed by atoms with Crippen LogP contribution >= 0.6 is 0 Å². The minimum Gasteiger partial charge on any atom is -0.507 e. The largest absolute Gasteiger partial charge is 0.507 e. The van der Waals surface area contributed by atoms with E-state index in [4.69, 9.17) is 0 Å². The van der Waals surface area contributed by atoms with Gasteiger partial charge in [-0.2, -0.15) is 0 Å². The highest BCUT2D eigenvalue weighted by atomic mass is 16.3. The zero-order chi connectivity index (χ0) is 19.2. The predicted molar refractivity (Wildman–Crippen MR) is 106 cm³/mol. The Kier molecular flexibility index (Phi) is 4.87. The molecule has 1 aromatic rings. The molecule has 0 fully saturated rings. The molecule has 0 saturated carbocycles. The number of Topliss-reactive ketones (excluding diaryl/α,β-unsaturated/α-hetero) is 1. The number of hydrogen-bond acceptors (Lipinski definition) is 2. The topological polar surface area (TPSA) is 37.3 Å². The normalized spacial score (nSPS) is 17.6. The van der Waals surface area contributed by atoms with Crippen LogP contribution in [0, 0.1) is 12.3 Å². The van der Waals surface area contributed by atoms with Crippen molar-refractivity contribution in [3.63, 3.8) is 0 Å². The first kappa shape index (κ1) is 19.2. The zero-order valence-corrected chi connectivity index (χ0v) is 16.7. The van der Waals surface area contributed by atoms with Crippen LogP contribution in [0.4, 0.5) is 0 Å². The summed E-state index contributed by atoms with van der Waals surface area (Å²) in [7, 11) is 0. The molecule has 2 heteroatoms. The molecule has 0 amide bonds. The van der Waals surface area contributed by atoms with E-state index in [1.807, 2.05) is 44.2 Å². The average molecular weight is 338 g/mol. The van der Waals surface area contributed by atoms with Crippen LogP contribution < -0.4 is 0 Å². The molecule has 134 valence electrons. The standard InChI is InChI=1S/C23H30O2/c1-14-9-16(20(24)18(11-14)22(3,4)5)13-17-10-15(2)12-19(21(17)25)23(6,7)8/h9-13,24H,1-8H3/b17-13+. The van der Waals surface area contributed by atoms with Gasteiger partial charge in [0, 0.05) is 22.3 Å². The lowest BCUT2D eigenvalue weighted by molar-refractivity contribution is -0.112. The quantitative estimate of drug-likeness (QED) is 0.649. The SMILES string of the molecule is CC1=C/C(=C\c2cc(C)cc(C(C)(C)C)c2O)C(=O)C(C(C)(C)C)=C1. The second-order valence-electron chi connectivity index (χ2n) is 9.13. The number of benzene rings is 1. The van der Waals surface area contributed by atoms with Crippen molar-refractivity contribution in [1.29, 1.82) is 0 Å². The maximum Gasteiger partial charge on any atom is 0.189 e. The third kappa shape index (κ3) is 4.12. The van der Waals surface area contributed by atoms with Crippen molar-refractivity contribution in [2.45, 2.75) is 60.8 Å². The van der Waals surface area contributed by atoms with Gasteiger partial charge in [0.15, 0.2) is 5.78 Å². The second-order valence-corrected chi connectivity index (χ2v) is 9.13. The number of hydrogen-bond donors (Lipinski definition) is 1. The lowest BCUT2D eigenvalue weighted by Gasteiger charge is -2.26. The van der Waals surface area contributed by atoms with Crippen LogP contribution in [0.5, 0.6) is 5.75 Å². The highest BCUT2D eigenvalue weighted by Gasteiger charge is 2.28. The Labute approximate surface area is 152 Å². The second kappa shape index (κ2) is 6.33. The smallest absolute Gasteiger partial charge is 0.189 e. The number of ketones is 1. The van der Waals surface area contributed by atoms with Gasteiger partial charge in [0.2, 0.25) is 0 Å². The highest BCUT2D eigenvalue weighted by molar-refractivity contribution is 6.15. The first-order chi connectivity index (χ1) is 11.3. The van der Waals surface area contributed by atoms with Gasteiger partial charge in [-0.15, -0.1) is 0 Å². The Morgan fingerprint density at radius 1 is 0.920 bits per heavy atom. The highest BCUT2D eigenvalue weighted by Crippen LogP contribution is 2.37. The maximum atomic E-state index is 12.9. The number of aromatic hydroxyl groups is 1. The molecule has 0 aromatic heterocycles. The molecule has 1 aromatic carbocycles. The van der Waals surface area contributed by atoms with E-state index in [9.17, 15) is 9.90 Å². The van der Waals surface area contributed by atoms with Gasteiger partial charge in [-0.25, -0.2) is 0 Å². The molecule has 0 atom stereocenters. The Morgan fingerprint density at radius 3 is 2.04 bits per heavy atom. The fraction of sp³-hybridized carbons (Fsp3) is 0.435. The van der Waals surface area contributed by atoms with Gasteiger partial charge in [-0.05, 0) is 54.0 Å². The zero-order valence-electron chi connectivity index (χ0n) is 16.7. The van der Waals surface area contributed by atoms with Crippen LogP contribution in [0.15, 0.2) is 41.0 Å². The van der Waals surface area contributed by atoms with E-state index >= 15 is 0 Å². The first-order valence-corrected chi connectivity index (χ1v) is 8.81. The molecule has 25 heavy (non-hydrogen) atoms. The van der Waals surface area contributed by atoms with E-state index in [1.54, 1.807) is 0 Å². The summed E-state index contributed by atoms with van der Waals surface area (Å²) in [5.41, 5.74) is 4.79. The number of rotatable bonds is 1. The van der Waals surface area contributed by atoms with Crippen molar-refractivity contribution in [2.24, 2.45) is 5.41 Å². The molecule has 0 spiro atoms. The number of carbonyl (C=O) groups excluding carboxylic acids is 1. The lowest BCUT2D eigenvalue weighted by Crippen LogP contribution is -2.21. The Bertz CT molecular complexity index is 804.